The third-order valence-electron chi connectivity index (χ3n) is 1.74. The molecule has 0 saturated carbocycles. The molecule has 0 amide bonds. The first kappa shape index (κ1) is 19.7. The number of hydrogen-bond donors (Lipinski definition) is 0. The van der Waals surface area contributed by atoms with E-state index >= 15 is 0 Å². The van der Waals surface area contributed by atoms with Crippen molar-refractivity contribution < 1.29 is 24.4 Å². The van der Waals surface area contributed by atoms with Crippen molar-refractivity contribution in [3.05, 3.63) is 21.1 Å². The molecule has 0 spiro atoms. The Morgan fingerprint density at radius 3 is 1.77 bits per heavy atom. The minimum atomic E-state index is 0. The predicted octanol–water partition coefficient (Wildman–Crippen LogP) is 4.06. The maximum atomic E-state index is 2.29. The Morgan fingerprint density at radius 1 is 1.15 bits per heavy atom. The molecular weight excluding hydrogens is 393 g/mol. The van der Waals surface area contributed by atoms with Gasteiger partial charge >= 0.3 is 78.0 Å². The molecule has 0 aliphatic heterocycles. The second-order valence-electron chi connectivity index (χ2n) is 3.75. The quantitative estimate of drug-likeness (QED) is 0.530. The first-order chi connectivity index (χ1) is 4.52. The van der Waals surface area contributed by atoms with Crippen molar-refractivity contribution in [2.24, 2.45) is 5.41 Å². The normalized spacial score (nSPS) is 14.3. The standard InChI is InChI=1S/C9H13.3ClH.Hf/c1-9(2,3)8-6-4-5-7-8;;;;/h4,6H,5H2,1-3H3;3*1H;. The van der Waals surface area contributed by atoms with Crippen LogP contribution in [-0.4, -0.2) is 0 Å². The van der Waals surface area contributed by atoms with Gasteiger partial charge in [0.15, 0.2) is 0 Å². The molecular formula is C9H16Cl3Hf. The molecule has 4 heteroatoms. The molecule has 0 bridgehead atoms. The molecule has 1 aliphatic rings. The molecule has 1 rings (SSSR count). The summed E-state index contributed by atoms with van der Waals surface area (Å²) >= 11 is 1.23. The van der Waals surface area contributed by atoms with Gasteiger partial charge < -0.3 is 0 Å². The van der Waals surface area contributed by atoms with E-state index in [0.29, 0.717) is 5.41 Å². The van der Waals surface area contributed by atoms with Crippen LogP contribution in [0.4, 0.5) is 0 Å². The molecule has 0 N–H and O–H groups in total. The Balaban J connectivity index is -0.000000333. The summed E-state index contributed by atoms with van der Waals surface area (Å²) in [4.78, 5) is 0. The van der Waals surface area contributed by atoms with Gasteiger partial charge in [0.05, 0.1) is 0 Å². The minimum Gasteiger partial charge on any atom is -0.147 e. The van der Waals surface area contributed by atoms with E-state index in [0.717, 1.165) is 0 Å². The fourth-order valence-corrected chi connectivity index (χ4v) is 3.28. The summed E-state index contributed by atoms with van der Waals surface area (Å²) < 4.78 is 1.67. The van der Waals surface area contributed by atoms with E-state index in [-0.39, 0.29) is 37.2 Å². The van der Waals surface area contributed by atoms with Crippen molar-refractivity contribution in [3.8, 4) is 0 Å². The molecule has 1 aliphatic carbocycles. The third kappa shape index (κ3) is 5.61. The van der Waals surface area contributed by atoms with Gasteiger partial charge in [-0.05, 0) is 0 Å². The number of halogens is 3. The molecule has 0 atom stereocenters. The van der Waals surface area contributed by atoms with E-state index in [1.54, 1.807) is 8.90 Å². The summed E-state index contributed by atoms with van der Waals surface area (Å²) in [5.41, 5.74) is 1.96. The second kappa shape index (κ2) is 7.50. The van der Waals surface area contributed by atoms with Gasteiger partial charge in [-0.3, -0.25) is 0 Å². The first-order valence-corrected chi connectivity index (χ1v) is 5.43. The molecule has 0 nitrogen and oxygen atoms in total. The molecule has 0 fully saturated rings. The summed E-state index contributed by atoms with van der Waals surface area (Å²) in [5, 5.41) is 0. The minimum absolute atomic E-state index is 0. The van der Waals surface area contributed by atoms with E-state index < -0.39 is 0 Å². The molecule has 0 aromatic carbocycles. The van der Waals surface area contributed by atoms with Gasteiger partial charge in [-0.2, -0.15) is 0 Å². The topological polar surface area (TPSA) is 0 Å². The molecule has 77 valence electrons. The first-order valence-electron chi connectivity index (χ1n) is 3.63. The van der Waals surface area contributed by atoms with E-state index in [1.165, 1.54) is 30.8 Å². The Bertz CT molecular complexity index is 201. The molecule has 0 saturated heterocycles. The van der Waals surface area contributed by atoms with Crippen molar-refractivity contribution in [1.82, 2.24) is 0 Å². The van der Waals surface area contributed by atoms with Gasteiger partial charge in [-0.25, -0.2) is 0 Å². The van der Waals surface area contributed by atoms with Crippen LogP contribution < -0.4 is 0 Å². The van der Waals surface area contributed by atoms with Crippen LogP contribution in [0.3, 0.4) is 0 Å². The van der Waals surface area contributed by atoms with Crippen molar-refractivity contribution >= 4 is 37.2 Å². The Morgan fingerprint density at radius 2 is 1.62 bits per heavy atom. The van der Waals surface area contributed by atoms with Crippen LogP contribution in [0.2, 0.25) is 0 Å². The number of allylic oxidation sites excluding steroid dienone is 4. The van der Waals surface area contributed by atoms with Gasteiger partial charge in [-0.1, -0.05) is 0 Å². The van der Waals surface area contributed by atoms with Crippen LogP contribution in [0, 0.1) is 5.41 Å². The molecule has 0 aromatic rings. The van der Waals surface area contributed by atoms with Crippen LogP contribution >= 0.6 is 37.2 Å². The number of rotatable bonds is 0. The summed E-state index contributed by atoms with van der Waals surface area (Å²) in [6, 6.07) is 0. The van der Waals surface area contributed by atoms with Crippen LogP contribution in [-0.2, 0) is 24.4 Å². The van der Waals surface area contributed by atoms with Crippen molar-refractivity contribution in [2.45, 2.75) is 27.2 Å². The van der Waals surface area contributed by atoms with Crippen LogP contribution in [0.25, 0.3) is 0 Å². The smallest absolute Gasteiger partial charge is 0.147 e. The fraction of sp³-hybridized carbons (Fsp3) is 0.556. The SMILES string of the molecule is CC(C)(C)C1=[C]([Hf])CC=C1.Cl.Cl.Cl. The average molecular weight is 409 g/mol. The fourth-order valence-electron chi connectivity index (χ4n) is 1.21. The predicted molar refractivity (Wildman–Crippen MR) is 62.0 cm³/mol. The molecule has 0 heterocycles. The van der Waals surface area contributed by atoms with E-state index in [1.807, 2.05) is 0 Å². The van der Waals surface area contributed by atoms with Gasteiger partial charge in [0.2, 0.25) is 0 Å². The Hall–Kier alpha value is 1.22. The maximum absolute atomic E-state index is 2.29. The summed E-state index contributed by atoms with van der Waals surface area (Å²) in [6.45, 7) is 6.86. The van der Waals surface area contributed by atoms with Gasteiger partial charge in [0.25, 0.3) is 0 Å². The summed E-state index contributed by atoms with van der Waals surface area (Å²) in [5.74, 6) is 0. The zero-order chi connectivity index (χ0) is 7.78. The zero-order valence-electron chi connectivity index (χ0n) is 8.09. The third-order valence-corrected chi connectivity index (χ3v) is 3.44. The van der Waals surface area contributed by atoms with Crippen molar-refractivity contribution in [3.63, 3.8) is 0 Å². The van der Waals surface area contributed by atoms with Gasteiger partial charge in [0.1, 0.15) is 0 Å². The van der Waals surface area contributed by atoms with Crippen LogP contribution in [0.5, 0.6) is 0 Å². The van der Waals surface area contributed by atoms with Gasteiger partial charge in [0, 0.05) is 0 Å². The van der Waals surface area contributed by atoms with Crippen LogP contribution in [0.1, 0.15) is 27.2 Å². The number of hydrogen-bond acceptors (Lipinski definition) is 0. The van der Waals surface area contributed by atoms with Crippen molar-refractivity contribution in [1.29, 1.82) is 0 Å². The molecule has 0 aromatic heterocycles. The average Bonchev–Trinajstić information content (AvgIpc) is 2.11. The van der Waals surface area contributed by atoms with E-state index in [2.05, 4.69) is 32.9 Å². The summed E-state index contributed by atoms with van der Waals surface area (Å²) in [7, 11) is 0. The summed E-state index contributed by atoms with van der Waals surface area (Å²) in [6.07, 6.45) is 5.80. The molecule has 0 radical (unpaired) electrons. The zero-order valence-corrected chi connectivity index (χ0v) is 14.1. The Kier molecular flexibility index (Phi) is 11.4. The van der Waals surface area contributed by atoms with Crippen LogP contribution in [0.15, 0.2) is 21.1 Å². The van der Waals surface area contributed by atoms with E-state index in [4.69, 9.17) is 0 Å². The largest absolute Gasteiger partial charge is 0.147 e. The molecule has 13 heavy (non-hydrogen) atoms. The second-order valence-corrected chi connectivity index (χ2v) is 5.92. The maximum Gasteiger partial charge on any atom is -0.147 e. The van der Waals surface area contributed by atoms with E-state index in [9.17, 15) is 0 Å². The van der Waals surface area contributed by atoms with Gasteiger partial charge in [-0.15, -0.1) is 37.2 Å². The molecule has 0 unspecified atom stereocenters. The monoisotopic (exact) mass is 409 g/mol. The van der Waals surface area contributed by atoms with Crippen molar-refractivity contribution in [2.75, 3.05) is 0 Å². The Labute approximate surface area is 114 Å².